The summed E-state index contributed by atoms with van der Waals surface area (Å²) in [5, 5.41) is 2.59. The van der Waals surface area contributed by atoms with Gasteiger partial charge < -0.3 is 19.9 Å². The Labute approximate surface area is 174 Å². The van der Waals surface area contributed by atoms with E-state index in [1.54, 1.807) is 30.6 Å². The summed E-state index contributed by atoms with van der Waals surface area (Å²) < 4.78 is 6.12. The molecule has 1 aromatic carbocycles. The van der Waals surface area contributed by atoms with E-state index in [0.29, 0.717) is 32.6 Å². The van der Waals surface area contributed by atoms with E-state index in [9.17, 15) is 14.4 Å². The lowest BCUT2D eigenvalue weighted by Crippen LogP contribution is -2.51. The van der Waals surface area contributed by atoms with Crippen LogP contribution in [0.5, 0.6) is 0 Å². The third kappa shape index (κ3) is 7.50. The van der Waals surface area contributed by atoms with Gasteiger partial charge in [0.15, 0.2) is 0 Å². The summed E-state index contributed by atoms with van der Waals surface area (Å²) in [7, 11) is 0. The van der Waals surface area contributed by atoms with Crippen LogP contribution in [0.2, 0.25) is 0 Å². The van der Waals surface area contributed by atoms with Crippen molar-refractivity contribution in [2.45, 2.75) is 39.2 Å². The zero-order chi connectivity index (χ0) is 20.7. The molecule has 1 saturated heterocycles. The topological polar surface area (TPSA) is 79.0 Å². The minimum atomic E-state index is -0.562. The molecule has 0 atom stereocenters. The Bertz CT molecular complexity index is 692. The Morgan fingerprint density at radius 1 is 1.00 bits per heavy atom. The maximum absolute atomic E-state index is 12.4. The first-order chi connectivity index (χ1) is 13.1. The summed E-state index contributed by atoms with van der Waals surface area (Å²) in [6.07, 6.45) is 0.0521. The Hall–Kier alpha value is -2.09. The first-order valence-corrected chi connectivity index (χ1v) is 10.2. The van der Waals surface area contributed by atoms with E-state index in [4.69, 9.17) is 4.74 Å². The molecule has 0 saturated carbocycles. The van der Waals surface area contributed by atoms with Crippen molar-refractivity contribution in [3.8, 4) is 0 Å². The highest BCUT2D eigenvalue weighted by molar-refractivity contribution is 9.10. The normalized spacial score (nSPS) is 14.6. The first-order valence-electron chi connectivity index (χ1n) is 9.41. The molecule has 1 fully saturated rings. The minimum absolute atomic E-state index is 0.0314. The first kappa shape index (κ1) is 22.2. The van der Waals surface area contributed by atoms with Crippen LogP contribution in [-0.2, 0) is 20.7 Å². The molecule has 0 radical (unpaired) electrons. The van der Waals surface area contributed by atoms with Gasteiger partial charge in [0.25, 0.3) is 0 Å². The van der Waals surface area contributed by atoms with Crippen LogP contribution in [-0.4, -0.2) is 66.0 Å². The average Bonchev–Trinajstić information content (AvgIpc) is 2.62. The lowest BCUT2D eigenvalue weighted by molar-refractivity contribution is -0.139. The standard InChI is InChI=1S/C20H28BrN3O4/c1-20(2,3)28-19(27)22-9-8-17(25)23-10-12-24(13-11-23)18(26)14-15-4-6-16(21)7-5-15/h4-7H,8-14H2,1-3H3,(H,22,27). The maximum Gasteiger partial charge on any atom is 0.407 e. The summed E-state index contributed by atoms with van der Waals surface area (Å²) in [5.41, 5.74) is 0.410. The van der Waals surface area contributed by atoms with Gasteiger partial charge in [-0.15, -0.1) is 0 Å². The van der Waals surface area contributed by atoms with Gasteiger partial charge in [-0.25, -0.2) is 4.79 Å². The van der Waals surface area contributed by atoms with Gasteiger partial charge in [-0.3, -0.25) is 9.59 Å². The molecule has 8 heteroatoms. The van der Waals surface area contributed by atoms with Gasteiger partial charge in [-0.1, -0.05) is 28.1 Å². The number of rotatable bonds is 5. The molecule has 1 aliphatic rings. The Morgan fingerprint density at radius 2 is 1.54 bits per heavy atom. The van der Waals surface area contributed by atoms with E-state index >= 15 is 0 Å². The number of hydrogen-bond acceptors (Lipinski definition) is 4. The molecule has 7 nitrogen and oxygen atoms in total. The van der Waals surface area contributed by atoms with E-state index in [2.05, 4.69) is 21.2 Å². The summed E-state index contributed by atoms with van der Waals surface area (Å²) in [4.78, 5) is 39.9. The van der Waals surface area contributed by atoms with Crippen molar-refractivity contribution in [2.24, 2.45) is 0 Å². The SMILES string of the molecule is CC(C)(C)OC(=O)NCCC(=O)N1CCN(C(=O)Cc2ccc(Br)cc2)CC1. The Balaban J connectivity index is 1.69. The Morgan fingerprint density at radius 3 is 2.07 bits per heavy atom. The van der Waals surface area contributed by atoms with Gasteiger partial charge in [-0.05, 0) is 38.5 Å². The van der Waals surface area contributed by atoms with E-state index in [1.807, 2.05) is 24.3 Å². The van der Waals surface area contributed by atoms with Crippen molar-refractivity contribution in [3.63, 3.8) is 0 Å². The van der Waals surface area contributed by atoms with E-state index in [-0.39, 0.29) is 24.8 Å². The van der Waals surface area contributed by atoms with Crippen molar-refractivity contribution in [3.05, 3.63) is 34.3 Å². The van der Waals surface area contributed by atoms with Gasteiger partial charge in [-0.2, -0.15) is 0 Å². The molecule has 154 valence electrons. The predicted octanol–water partition coefficient (Wildman–Crippen LogP) is 2.58. The number of carbonyl (C=O) groups excluding carboxylic acids is 3. The van der Waals surface area contributed by atoms with Crippen molar-refractivity contribution >= 4 is 33.8 Å². The van der Waals surface area contributed by atoms with Crippen molar-refractivity contribution in [1.29, 1.82) is 0 Å². The third-order valence-corrected chi connectivity index (χ3v) is 4.79. The number of halogens is 1. The molecule has 0 aromatic heterocycles. The molecular weight excluding hydrogens is 426 g/mol. The molecule has 1 aromatic rings. The molecular formula is C20H28BrN3O4. The van der Waals surface area contributed by atoms with Gasteiger partial charge in [0.2, 0.25) is 11.8 Å². The second kappa shape index (κ2) is 9.91. The number of nitrogens with one attached hydrogen (secondary N) is 1. The quantitative estimate of drug-likeness (QED) is 0.742. The van der Waals surface area contributed by atoms with Gasteiger partial charge in [0.05, 0.1) is 6.42 Å². The molecule has 0 bridgehead atoms. The maximum atomic E-state index is 12.4. The monoisotopic (exact) mass is 453 g/mol. The predicted molar refractivity (Wildman–Crippen MR) is 110 cm³/mol. The number of piperazine rings is 1. The van der Waals surface area contributed by atoms with Crippen LogP contribution in [0.15, 0.2) is 28.7 Å². The number of amides is 3. The molecule has 28 heavy (non-hydrogen) atoms. The second-order valence-electron chi connectivity index (χ2n) is 7.74. The van der Waals surface area contributed by atoms with Crippen molar-refractivity contribution in [2.75, 3.05) is 32.7 Å². The molecule has 0 unspecified atom stereocenters. The Kier molecular flexibility index (Phi) is 7.86. The average molecular weight is 454 g/mol. The zero-order valence-corrected chi connectivity index (χ0v) is 18.3. The fourth-order valence-electron chi connectivity index (χ4n) is 2.84. The van der Waals surface area contributed by atoms with Gasteiger partial charge in [0.1, 0.15) is 5.60 Å². The van der Waals surface area contributed by atoms with Crippen LogP contribution in [0.4, 0.5) is 4.79 Å². The van der Waals surface area contributed by atoms with E-state index < -0.39 is 11.7 Å². The molecule has 0 spiro atoms. The number of alkyl carbamates (subject to hydrolysis) is 1. The lowest BCUT2D eigenvalue weighted by atomic mass is 10.1. The fourth-order valence-corrected chi connectivity index (χ4v) is 3.10. The highest BCUT2D eigenvalue weighted by atomic mass is 79.9. The summed E-state index contributed by atoms with van der Waals surface area (Å²) in [6, 6.07) is 7.70. The molecule has 1 aliphatic heterocycles. The smallest absolute Gasteiger partial charge is 0.407 e. The molecule has 1 N–H and O–H groups in total. The van der Waals surface area contributed by atoms with Crippen molar-refractivity contribution in [1.82, 2.24) is 15.1 Å². The zero-order valence-electron chi connectivity index (χ0n) is 16.7. The summed E-state index contributed by atoms with van der Waals surface area (Å²) in [5.74, 6) is 0.0390. The third-order valence-electron chi connectivity index (χ3n) is 4.26. The van der Waals surface area contributed by atoms with Crippen LogP contribution in [0, 0.1) is 0 Å². The highest BCUT2D eigenvalue weighted by Crippen LogP contribution is 2.13. The number of benzene rings is 1. The fraction of sp³-hybridized carbons (Fsp3) is 0.550. The van der Waals surface area contributed by atoms with Gasteiger partial charge in [0, 0.05) is 43.6 Å². The number of ether oxygens (including phenoxy) is 1. The lowest BCUT2D eigenvalue weighted by Gasteiger charge is -2.35. The van der Waals surface area contributed by atoms with Crippen molar-refractivity contribution < 1.29 is 19.1 Å². The highest BCUT2D eigenvalue weighted by Gasteiger charge is 2.24. The van der Waals surface area contributed by atoms with Crippen LogP contribution in [0.25, 0.3) is 0 Å². The number of nitrogens with zero attached hydrogens (tertiary/aromatic N) is 2. The second-order valence-corrected chi connectivity index (χ2v) is 8.66. The molecule has 2 rings (SSSR count). The van der Waals surface area contributed by atoms with E-state index in [1.165, 1.54) is 0 Å². The molecule has 3 amide bonds. The summed E-state index contributed by atoms with van der Waals surface area (Å²) in [6.45, 7) is 7.67. The van der Waals surface area contributed by atoms with Crippen LogP contribution in [0.3, 0.4) is 0 Å². The van der Waals surface area contributed by atoms with Crippen LogP contribution >= 0.6 is 15.9 Å². The van der Waals surface area contributed by atoms with Crippen LogP contribution in [0.1, 0.15) is 32.8 Å². The van der Waals surface area contributed by atoms with Gasteiger partial charge >= 0.3 is 6.09 Å². The molecule has 1 heterocycles. The van der Waals surface area contributed by atoms with E-state index in [0.717, 1.165) is 10.0 Å². The summed E-state index contributed by atoms with van der Waals surface area (Å²) >= 11 is 3.38. The number of hydrogen-bond donors (Lipinski definition) is 1. The molecule has 0 aliphatic carbocycles. The number of carbonyl (C=O) groups is 3. The van der Waals surface area contributed by atoms with Crippen LogP contribution < -0.4 is 5.32 Å². The minimum Gasteiger partial charge on any atom is -0.444 e. The largest absolute Gasteiger partial charge is 0.444 e.